The van der Waals surface area contributed by atoms with Crippen LogP contribution in [0, 0.1) is 5.92 Å². The lowest BCUT2D eigenvalue weighted by atomic mass is 9.64. The molecule has 1 N–H and O–H groups in total. The summed E-state index contributed by atoms with van der Waals surface area (Å²) in [4.78, 5) is 4.03. The Kier molecular flexibility index (Phi) is 3.40. The fourth-order valence-electron chi connectivity index (χ4n) is 3.17. The predicted molar refractivity (Wildman–Crippen MR) is 79.3 cm³/mol. The van der Waals surface area contributed by atoms with Crippen LogP contribution in [0.5, 0.6) is 0 Å². The molecule has 0 bridgehead atoms. The molecule has 3 unspecified atom stereocenters. The van der Waals surface area contributed by atoms with Crippen LogP contribution in [0.4, 0.5) is 18.9 Å². The number of hydrogen-bond acceptors (Lipinski definition) is 3. The topological polar surface area (TPSA) is 33.6 Å². The largest absolute Gasteiger partial charge is 0.483 e. The van der Waals surface area contributed by atoms with Crippen LogP contribution < -0.4 is 5.32 Å². The standard InChI is InChI=1S/C15H14ClF3N2O/c1-14(15(17,18)19)9-5-6-20-13(22-2)12(9)21-11-4-3-8(16)7-10(11)14/h3-7,9,12,21H,1-2H3. The highest BCUT2D eigenvalue weighted by Gasteiger charge is 2.62. The van der Waals surface area contributed by atoms with Crippen molar-refractivity contribution >= 4 is 23.2 Å². The number of rotatable bonds is 0. The van der Waals surface area contributed by atoms with E-state index >= 15 is 0 Å². The van der Waals surface area contributed by atoms with E-state index in [-0.39, 0.29) is 16.5 Å². The molecule has 1 aromatic carbocycles. The molecule has 3 nitrogen and oxygen atoms in total. The van der Waals surface area contributed by atoms with Crippen LogP contribution in [0.2, 0.25) is 5.02 Å². The van der Waals surface area contributed by atoms with Crippen LogP contribution in [0.25, 0.3) is 0 Å². The molecule has 0 spiro atoms. The number of fused-ring (bicyclic) bond motifs is 2. The summed E-state index contributed by atoms with van der Waals surface area (Å²) in [6.07, 6.45) is -1.61. The van der Waals surface area contributed by atoms with Crippen LogP contribution in [0.15, 0.2) is 35.5 Å². The van der Waals surface area contributed by atoms with Gasteiger partial charge in [0.05, 0.1) is 12.5 Å². The third-order valence-corrected chi connectivity index (χ3v) is 4.67. The minimum absolute atomic E-state index is 0.135. The van der Waals surface area contributed by atoms with Gasteiger partial charge in [-0.2, -0.15) is 13.2 Å². The zero-order valence-corrected chi connectivity index (χ0v) is 12.7. The molecule has 3 atom stereocenters. The van der Waals surface area contributed by atoms with Gasteiger partial charge in [0.15, 0.2) is 0 Å². The van der Waals surface area contributed by atoms with Crippen LogP contribution in [-0.4, -0.2) is 25.2 Å². The fourth-order valence-corrected chi connectivity index (χ4v) is 3.34. The summed E-state index contributed by atoms with van der Waals surface area (Å²) in [6.45, 7) is 1.20. The second kappa shape index (κ2) is 4.91. The Morgan fingerprint density at radius 2 is 2.09 bits per heavy atom. The quantitative estimate of drug-likeness (QED) is 0.775. The number of benzene rings is 1. The summed E-state index contributed by atoms with van der Waals surface area (Å²) < 4.78 is 47.0. The van der Waals surface area contributed by atoms with Gasteiger partial charge in [0.1, 0.15) is 6.04 Å². The fraction of sp³-hybridized carbons (Fsp3) is 0.400. The number of halogens is 4. The zero-order chi connectivity index (χ0) is 16.1. The Bertz CT molecular complexity index is 671. The smallest absolute Gasteiger partial charge is 0.398 e. The van der Waals surface area contributed by atoms with Crippen LogP contribution in [0.1, 0.15) is 12.5 Å². The molecule has 2 aliphatic heterocycles. The van der Waals surface area contributed by atoms with E-state index in [2.05, 4.69) is 10.3 Å². The molecule has 2 heterocycles. The Morgan fingerprint density at radius 3 is 2.73 bits per heavy atom. The van der Waals surface area contributed by atoms with Crippen molar-refractivity contribution in [2.24, 2.45) is 10.9 Å². The molecule has 118 valence electrons. The first kappa shape index (κ1) is 15.2. The molecule has 22 heavy (non-hydrogen) atoms. The Morgan fingerprint density at radius 1 is 1.36 bits per heavy atom. The van der Waals surface area contributed by atoms with Crippen molar-refractivity contribution in [3.63, 3.8) is 0 Å². The summed E-state index contributed by atoms with van der Waals surface area (Å²) >= 11 is 5.92. The summed E-state index contributed by atoms with van der Waals surface area (Å²) in [7, 11) is 1.40. The van der Waals surface area contributed by atoms with Crippen molar-refractivity contribution < 1.29 is 17.9 Å². The predicted octanol–water partition coefficient (Wildman–Crippen LogP) is 4.14. The van der Waals surface area contributed by atoms with Crippen molar-refractivity contribution in [2.45, 2.75) is 24.6 Å². The number of nitrogens with one attached hydrogen (secondary N) is 1. The van der Waals surface area contributed by atoms with E-state index in [0.717, 1.165) is 0 Å². The van der Waals surface area contributed by atoms with E-state index in [4.69, 9.17) is 16.3 Å². The summed E-state index contributed by atoms with van der Waals surface area (Å²) in [6, 6.07) is 3.82. The number of methoxy groups -OCH3 is 1. The number of anilines is 1. The van der Waals surface area contributed by atoms with Crippen molar-refractivity contribution in [1.29, 1.82) is 0 Å². The lowest BCUT2D eigenvalue weighted by Crippen LogP contribution is -2.57. The Balaban J connectivity index is 2.24. The molecule has 0 aliphatic carbocycles. The first-order valence-corrected chi connectivity index (χ1v) is 7.08. The van der Waals surface area contributed by atoms with E-state index in [9.17, 15) is 13.2 Å². The Hall–Kier alpha value is -1.69. The Labute approximate surface area is 130 Å². The monoisotopic (exact) mass is 330 g/mol. The second-order valence-electron chi connectivity index (χ2n) is 5.55. The van der Waals surface area contributed by atoms with Gasteiger partial charge in [-0.15, -0.1) is 0 Å². The van der Waals surface area contributed by atoms with Gasteiger partial charge < -0.3 is 10.1 Å². The van der Waals surface area contributed by atoms with Crippen molar-refractivity contribution in [1.82, 2.24) is 0 Å². The van der Waals surface area contributed by atoms with Crippen molar-refractivity contribution in [3.05, 3.63) is 41.1 Å². The van der Waals surface area contributed by atoms with Gasteiger partial charge in [0.25, 0.3) is 0 Å². The highest BCUT2D eigenvalue weighted by Crippen LogP contribution is 2.54. The van der Waals surface area contributed by atoms with E-state index in [0.29, 0.717) is 5.69 Å². The third-order valence-electron chi connectivity index (χ3n) is 4.44. The van der Waals surface area contributed by atoms with Gasteiger partial charge in [-0.1, -0.05) is 17.7 Å². The molecule has 0 radical (unpaired) electrons. The van der Waals surface area contributed by atoms with Crippen molar-refractivity contribution in [3.8, 4) is 0 Å². The van der Waals surface area contributed by atoms with E-state index in [1.165, 1.54) is 32.4 Å². The first-order valence-electron chi connectivity index (χ1n) is 6.70. The maximum absolute atomic E-state index is 14.0. The van der Waals surface area contributed by atoms with Gasteiger partial charge in [0, 0.05) is 22.8 Å². The first-order chi connectivity index (χ1) is 10.3. The molecule has 0 fully saturated rings. The van der Waals surface area contributed by atoms with Crippen LogP contribution >= 0.6 is 11.6 Å². The summed E-state index contributed by atoms with van der Waals surface area (Å²) in [5.74, 6) is -0.630. The van der Waals surface area contributed by atoms with Crippen LogP contribution in [0.3, 0.4) is 0 Å². The minimum atomic E-state index is -4.45. The second-order valence-corrected chi connectivity index (χ2v) is 5.99. The molecule has 0 saturated carbocycles. The maximum Gasteiger partial charge on any atom is 0.398 e. The van der Waals surface area contributed by atoms with Gasteiger partial charge in [0.2, 0.25) is 5.90 Å². The molecular formula is C15H14ClF3N2O. The van der Waals surface area contributed by atoms with E-state index < -0.39 is 23.6 Å². The highest BCUT2D eigenvalue weighted by atomic mass is 35.5. The minimum Gasteiger partial charge on any atom is -0.483 e. The highest BCUT2D eigenvalue weighted by molar-refractivity contribution is 6.30. The number of nitrogens with zero attached hydrogens (tertiary/aromatic N) is 1. The molecule has 0 saturated heterocycles. The molecule has 0 amide bonds. The van der Waals surface area contributed by atoms with Gasteiger partial charge in [-0.3, -0.25) is 0 Å². The number of alkyl halides is 3. The molecule has 0 aromatic heterocycles. The lowest BCUT2D eigenvalue weighted by molar-refractivity contribution is -0.197. The molecule has 3 rings (SSSR count). The molecular weight excluding hydrogens is 317 g/mol. The average molecular weight is 331 g/mol. The molecule has 7 heteroatoms. The number of ether oxygens (including phenoxy) is 1. The number of aliphatic imine (C=N–C) groups is 1. The van der Waals surface area contributed by atoms with Gasteiger partial charge in [-0.25, -0.2) is 4.99 Å². The van der Waals surface area contributed by atoms with Gasteiger partial charge >= 0.3 is 6.18 Å². The van der Waals surface area contributed by atoms with Crippen LogP contribution in [-0.2, 0) is 10.2 Å². The van der Waals surface area contributed by atoms with Crippen molar-refractivity contribution in [2.75, 3.05) is 12.4 Å². The molecule has 1 aromatic rings. The number of hydrogen-bond donors (Lipinski definition) is 1. The maximum atomic E-state index is 14.0. The lowest BCUT2D eigenvalue weighted by Gasteiger charge is -2.47. The molecule has 2 aliphatic rings. The SMILES string of the molecule is COC1=NC=CC2C1Nc1ccc(Cl)cc1C2(C)C(F)(F)F. The van der Waals surface area contributed by atoms with E-state index in [1.807, 2.05) is 0 Å². The average Bonchev–Trinajstić information content (AvgIpc) is 2.46. The zero-order valence-electron chi connectivity index (χ0n) is 11.9. The van der Waals surface area contributed by atoms with E-state index in [1.54, 1.807) is 12.1 Å². The summed E-state index contributed by atoms with van der Waals surface area (Å²) in [5, 5.41) is 3.36. The third kappa shape index (κ3) is 2.00. The van der Waals surface area contributed by atoms with Gasteiger partial charge in [-0.05, 0) is 30.7 Å². The normalized spacial score (nSPS) is 30.0. The summed E-state index contributed by atoms with van der Waals surface area (Å²) in [5.41, 5.74) is -1.55.